The molecule has 1 aliphatic rings. The zero-order valence-electron chi connectivity index (χ0n) is 9.85. The second-order valence-electron chi connectivity index (χ2n) is 4.32. The maximum Gasteiger partial charge on any atom is 0.230 e. The molecule has 4 nitrogen and oxygen atoms in total. The van der Waals surface area contributed by atoms with Gasteiger partial charge in [-0.25, -0.2) is 0 Å². The minimum absolute atomic E-state index is 0.0971. The van der Waals surface area contributed by atoms with Crippen LogP contribution < -0.4 is 10.1 Å². The van der Waals surface area contributed by atoms with Crippen LogP contribution in [0.1, 0.15) is 19.3 Å². The Balaban J connectivity index is 1.97. The first kappa shape index (κ1) is 11.9. The number of ether oxygens (including phenoxy) is 1. The lowest BCUT2D eigenvalue weighted by Crippen LogP contribution is -2.28. The third-order valence-corrected chi connectivity index (χ3v) is 3.17. The molecule has 0 heterocycles. The minimum atomic E-state index is -0.492. The van der Waals surface area contributed by atoms with E-state index in [1.807, 2.05) is 0 Å². The van der Waals surface area contributed by atoms with E-state index in [1.165, 1.54) is 0 Å². The Labute approximate surface area is 101 Å². The van der Waals surface area contributed by atoms with Gasteiger partial charge in [-0.3, -0.25) is 4.79 Å². The maximum atomic E-state index is 11.9. The topological polar surface area (TPSA) is 58.6 Å². The maximum absolute atomic E-state index is 11.9. The molecule has 1 aliphatic carbocycles. The molecule has 0 aliphatic heterocycles. The van der Waals surface area contributed by atoms with Crippen molar-refractivity contribution in [3.8, 4) is 5.75 Å². The van der Waals surface area contributed by atoms with Crippen LogP contribution in [0.15, 0.2) is 24.3 Å². The molecule has 2 unspecified atom stereocenters. The van der Waals surface area contributed by atoms with E-state index < -0.39 is 6.10 Å². The summed E-state index contributed by atoms with van der Waals surface area (Å²) in [6.45, 7) is 0. The van der Waals surface area contributed by atoms with Crippen molar-refractivity contribution in [3.05, 3.63) is 24.3 Å². The van der Waals surface area contributed by atoms with Gasteiger partial charge in [-0.1, -0.05) is 0 Å². The summed E-state index contributed by atoms with van der Waals surface area (Å²) in [5.41, 5.74) is 0.731. The number of rotatable bonds is 3. The summed E-state index contributed by atoms with van der Waals surface area (Å²) in [6, 6.07) is 7.16. The molecule has 0 bridgehead atoms. The lowest BCUT2D eigenvalue weighted by molar-refractivity contribution is -0.122. The van der Waals surface area contributed by atoms with Gasteiger partial charge in [0.15, 0.2) is 0 Å². The van der Waals surface area contributed by atoms with Gasteiger partial charge in [0.1, 0.15) is 5.75 Å². The predicted octanol–water partition coefficient (Wildman–Crippen LogP) is 1.79. The van der Waals surface area contributed by atoms with Crippen molar-refractivity contribution in [2.45, 2.75) is 25.4 Å². The van der Waals surface area contributed by atoms with Crippen LogP contribution in [0, 0.1) is 5.92 Å². The number of methoxy groups -OCH3 is 1. The molecule has 2 N–H and O–H groups in total. The molecule has 4 heteroatoms. The molecular weight excluding hydrogens is 218 g/mol. The highest BCUT2D eigenvalue weighted by Crippen LogP contribution is 2.27. The number of carbonyl (C=O) groups is 1. The van der Waals surface area contributed by atoms with Crippen molar-refractivity contribution >= 4 is 11.6 Å². The van der Waals surface area contributed by atoms with Crippen LogP contribution in [0.25, 0.3) is 0 Å². The van der Waals surface area contributed by atoms with E-state index in [9.17, 15) is 9.90 Å². The number of anilines is 1. The van der Waals surface area contributed by atoms with Crippen molar-refractivity contribution in [1.82, 2.24) is 0 Å². The Bertz CT molecular complexity index is 388. The summed E-state index contributed by atoms with van der Waals surface area (Å²) in [5, 5.41) is 12.4. The van der Waals surface area contributed by atoms with E-state index >= 15 is 0 Å². The summed E-state index contributed by atoms with van der Waals surface area (Å²) in [4.78, 5) is 11.9. The Hall–Kier alpha value is -1.55. The average molecular weight is 235 g/mol. The molecule has 1 aromatic rings. The van der Waals surface area contributed by atoms with Gasteiger partial charge in [0.05, 0.1) is 19.1 Å². The van der Waals surface area contributed by atoms with Gasteiger partial charge in [-0.15, -0.1) is 0 Å². The van der Waals surface area contributed by atoms with Crippen LogP contribution in [0.2, 0.25) is 0 Å². The van der Waals surface area contributed by atoms with E-state index in [2.05, 4.69) is 5.32 Å². The second-order valence-corrected chi connectivity index (χ2v) is 4.32. The first-order chi connectivity index (χ1) is 8.20. The van der Waals surface area contributed by atoms with Gasteiger partial charge < -0.3 is 15.2 Å². The minimum Gasteiger partial charge on any atom is -0.497 e. The molecule has 1 fully saturated rings. The van der Waals surface area contributed by atoms with E-state index in [1.54, 1.807) is 31.4 Å². The van der Waals surface area contributed by atoms with Gasteiger partial charge in [-0.05, 0) is 43.5 Å². The molecule has 2 atom stereocenters. The Morgan fingerprint density at radius 3 is 2.59 bits per heavy atom. The van der Waals surface area contributed by atoms with Crippen LogP contribution >= 0.6 is 0 Å². The smallest absolute Gasteiger partial charge is 0.230 e. The molecule has 1 saturated carbocycles. The number of nitrogens with one attached hydrogen (secondary N) is 1. The standard InChI is InChI=1S/C13H17NO3/c1-17-10-7-5-9(6-8-10)14-13(16)11-3-2-4-12(11)15/h5-8,11-12,15H,2-4H2,1H3,(H,14,16). The van der Waals surface area contributed by atoms with Crippen LogP contribution in [0.4, 0.5) is 5.69 Å². The van der Waals surface area contributed by atoms with E-state index in [0.717, 1.165) is 30.7 Å². The molecule has 0 aromatic heterocycles. The third-order valence-electron chi connectivity index (χ3n) is 3.17. The number of amides is 1. The van der Waals surface area contributed by atoms with E-state index in [-0.39, 0.29) is 11.8 Å². The first-order valence-electron chi connectivity index (χ1n) is 5.83. The summed E-state index contributed by atoms with van der Waals surface area (Å²) in [6.07, 6.45) is 1.92. The van der Waals surface area contributed by atoms with Crippen molar-refractivity contribution in [2.24, 2.45) is 5.92 Å². The fraction of sp³-hybridized carbons (Fsp3) is 0.462. The molecule has 0 radical (unpaired) electrons. The van der Waals surface area contributed by atoms with Crippen molar-refractivity contribution in [2.75, 3.05) is 12.4 Å². The van der Waals surface area contributed by atoms with Crippen molar-refractivity contribution < 1.29 is 14.6 Å². The fourth-order valence-electron chi connectivity index (χ4n) is 2.16. The Morgan fingerprint density at radius 2 is 2.06 bits per heavy atom. The highest BCUT2D eigenvalue weighted by atomic mass is 16.5. The van der Waals surface area contributed by atoms with E-state index in [4.69, 9.17) is 4.74 Å². The molecule has 92 valence electrons. The molecule has 1 amide bonds. The van der Waals surface area contributed by atoms with Crippen LogP contribution in [-0.2, 0) is 4.79 Å². The highest BCUT2D eigenvalue weighted by molar-refractivity contribution is 5.93. The van der Waals surface area contributed by atoms with Crippen LogP contribution in [0.5, 0.6) is 5.75 Å². The van der Waals surface area contributed by atoms with Gasteiger partial charge in [0.25, 0.3) is 0 Å². The predicted molar refractivity (Wildman–Crippen MR) is 65.0 cm³/mol. The van der Waals surface area contributed by atoms with E-state index in [0.29, 0.717) is 0 Å². The Morgan fingerprint density at radius 1 is 1.35 bits per heavy atom. The fourth-order valence-corrected chi connectivity index (χ4v) is 2.16. The van der Waals surface area contributed by atoms with Gasteiger partial charge in [-0.2, -0.15) is 0 Å². The Kier molecular flexibility index (Phi) is 3.64. The summed E-state index contributed by atoms with van der Waals surface area (Å²) in [5.74, 6) is 0.390. The normalized spacial score (nSPS) is 23.4. The number of carbonyl (C=O) groups excluding carboxylic acids is 1. The number of aliphatic hydroxyl groups is 1. The number of aliphatic hydroxyl groups excluding tert-OH is 1. The number of hydrogen-bond acceptors (Lipinski definition) is 3. The third kappa shape index (κ3) is 2.77. The van der Waals surface area contributed by atoms with Crippen molar-refractivity contribution in [3.63, 3.8) is 0 Å². The lowest BCUT2D eigenvalue weighted by Gasteiger charge is -2.14. The molecule has 1 aromatic carbocycles. The SMILES string of the molecule is COc1ccc(NC(=O)C2CCCC2O)cc1. The zero-order valence-corrected chi connectivity index (χ0v) is 9.85. The van der Waals surface area contributed by atoms with Crippen LogP contribution in [-0.4, -0.2) is 24.2 Å². The first-order valence-corrected chi connectivity index (χ1v) is 5.83. The second kappa shape index (κ2) is 5.19. The van der Waals surface area contributed by atoms with Crippen molar-refractivity contribution in [1.29, 1.82) is 0 Å². The summed E-state index contributed by atoms with van der Waals surface area (Å²) in [7, 11) is 1.60. The summed E-state index contributed by atoms with van der Waals surface area (Å²) < 4.78 is 5.04. The molecule has 0 spiro atoms. The number of benzene rings is 1. The van der Waals surface area contributed by atoms with Gasteiger partial charge >= 0.3 is 0 Å². The van der Waals surface area contributed by atoms with Gasteiger partial charge in [0, 0.05) is 5.69 Å². The average Bonchev–Trinajstić information content (AvgIpc) is 2.76. The summed E-state index contributed by atoms with van der Waals surface area (Å²) >= 11 is 0. The lowest BCUT2D eigenvalue weighted by atomic mass is 10.1. The molecule has 0 saturated heterocycles. The largest absolute Gasteiger partial charge is 0.497 e. The highest BCUT2D eigenvalue weighted by Gasteiger charge is 2.31. The van der Waals surface area contributed by atoms with Gasteiger partial charge in [0.2, 0.25) is 5.91 Å². The van der Waals surface area contributed by atoms with Crippen LogP contribution in [0.3, 0.4) is 0 Å². The molecular formula is C13H17NO3. The quantitative estimate of drug-likeness (QED) is 0.839. The number of hydrogen-bond donors (Lipinski definition) is 2. The monoisotopic (exact) mass is 235 g/mol. The molecule has 2 rings (SSSR count). The zero-order chi connectivity index (χ0) is 12.3. The molecule has 17 heavy (non-hydrogen) atoms.